The van der Waals surface area contributed by atoms with Gasteiger partial charge in [-0.2, -0.15) is 9.90 Å². The molecule has 0 heterocycles. The molecular weight excluding hydrogens is 268 g/mol. The molecule has 0 rings (SSSR count). The topological polar surface area (TPSA) is 60.7 Å². The van der Waals surface area contributed by atoms with E-state index >= 15 is 0 Å². The Morgan fingerprint density at radius 3 is 1.30 bits per heavy atom. The van der Waals surface area contributed by atoms with Crippen molar-refractivity contribution in [3.63, 3.8) is 0 Å². The largest absolute Gasteiger partial charge is 1.00 e. The Labute approximate surface area is 105 Å². The monoisotopic (exact) mass is 274 g/mol. The van der Waals surface area contributed by atoms with E-state index in [1.54, 1.807) is 0 Å². The van der Waals surface area contributed by atoms with E-state index in [4.69, 9.17) is 14.7 Å². The van der Waals surface area contributed by atoms with Crippen LogP contribution >= 0.6 is 48.2 Å². The molecular formula is H7Cl2NaO3P2S2. The molecule has 0 aromatic heterocycles. The Kier molecular flexibility index (Phi) is 33.2. The first-order valence-corrected chi connectivity index (χ1v) is 6.22. The maximum atomic E-state index is 7.56. The second-order valence-electron chi connectivity index (χ2n) is 0.572. The van der Waals surface area contributed by atoms with Crippen molar-refractivity contribution in [1.29, 1.82) is 0 Å². The van der Waals surface area contributed by atoms with Crippen molar-refractivity contribution in [2.75, 3.05) is 0 Å². The molecule has 0 radical (unpaired) electrons. The summed E-state index contributed by atoms with van der Waals surface area (Å²) in [5.41, 5.74) is 0. The normalized spacial score (nSPS) is 7.70. The van der Waals surface area contributed by atoms with Crippen molar-refractivity contribution < 1.29 is 45.7 Å². The van der Waals surface area contributed by atoms with Crippen LogP contribution in [-0.4, -0.2) is 14.7 Å². The SMILES string of the molecule is ClSCl.OP(O)(O)=S.P.[H-].[Na+]. The molecule has 0 spiro atoms. The van der Waals surface area contributed by atoms with Crippen LogP contribution < -0.4 is 29.6 Å². The van der Waals surface area contributed by atoms with E-state index in [0.29, 0.717) is 10.2 Å². The van der Waals surface area contributed by atoms with Gasteiger partial charge in [-0.3, -0.25) is 0 Å². The van der Waals surface area contributed by atoms with Gasteiger partial charge in [0.1, 0.15) is 0 Å². The molecule has 0 aliphatic carbocycles. The molecule has 0 aromatic rings. The van der Waals surface area contributed by atoms with Crippen LogP contribution in [0, 0.1) is 0 Å². The van der Waals surface area contributed by atoms with Gasteiger partial charge in [0.05, 0.1) is 10.2 Å². The minimum Gasteiger partial charge on any atom is -1.00 e. The summed E-state index contributed by atoms with van der Waals surface area (Å²) in [6.07, 6.45) is 0. The molecule has 1 atom stereocenters. The second-order valence-corrected chi connectivity index (χ2v) is 4.58. The Morgan fingerprint density at radius 1 is 1.30 bits per heavy atom. The van der Waals surface area contributed by atoms with Crippen LogP contribution in [0.4, 0.5) is 0 Å². The Morgan fingerprint density at radius 2 is 1.30 bits per heavy atom. The number of hydrogen-bond donors (Lipinski definition) is 3. The van der Waals surface area contributed by atoms with Gasteiger partial charge in [0.2, 0.25) is 0 Å². The third-order valence-electron chi connectivity index (χ3n) is 0. The Hall–Kier alpha value is 2.89. The van der Waals surface area contributed by atoms with E-state index < -0.39 is 6.72 Å². The maximum absolute atomic E-state index is 7.56. The molecule has 10 heteroatoms. The van der Waals surface area contributed by atoms with Crippen molar-refractivity contribution >= 4 is 60.0 Å². The summed E-state index contributed by atoms with van der Waals surface area (Å²) < 4.78 is 0. The maximum Gasteiger partial charge on any atom is 1.00 e. The molecule has 0 saturated heterocycles. The fourth-order valence-electron chi connectivity index (χ4n) is 0. The van der Waals surface area contributed by atoms with Crippen LogP contribution in [0.1, 0.15) is 1.43 Å². The molecule has 0 aliphatic rings. The van der Waals surface area contributed by atoms with E-state index in [-0.39, 0.29) is 40.9 Å². The van der Waals surface area contributed by atoms with Gasteiger partial charge in [-0.05, 0) is 33.2 Å². The smallest absolute Gasteiger partial charge is 1.00 e. The van der Waals surface area contributed by atoms with Crippen molar-refractivity contribution in [1.82, 2.24) is 0 Å². The fourth-order valence-corrected chi connectivity index (χ4v) is 0. The summed E-state index contributed by atoms with van der Waals surface area (Å²) in [6, 6.07) is 0. The van der Waals surface area contributed by atoms with Crippen LogP contribution in [0.25, 0.3) is 0 Å². The summed E-state index contributed by atoms with van der Waals surface area (Å²) in [7, 11) is 10.1. The van der Waals surface area contributed by atoms with Crippen molar-refractivity contribution in [3.05, 3.63) is 0 Å². The average molecular weight is 275 g/mol. The van der Waals surface area contributed by atoms with Gasteiger partial charge in [0, 0.05) is 0 Å². The van der Waals surface area contributed by atoms with Crippen LogP contribution in [0.15, 0.2) is 0 Å². The summed E-state index contributed by atoms with van der Waals surface area (Å²) in [5, 5.41) is 0. The minimum atomic E-state index is -3.81. The predicted molar refractivity (Wildman–Crippen MR) is 52.5 cm³/mol. The molecule has 0 aliphatic heterocycles. The summed E-state index contributed by atoms with van der Waals surface area (Å²) in [5.74, 6) is 0. The van der Waals surface area contributed by atoms with E-state index in [0.717, 1.165) is 0 Å². The molecule has 0 fully saturated rings. The van der Waals surface area contributed by atoms with E-state index in [1.165, 1.54) is 0 Å². The zero-order valence-electron chi connectivity index (χ0n) is 6.07. The molecule has 1 unspecified atom stereocenters. The fraction of sp³-hybridized carbons (Fsp3) is 0. The molecule has 0 bridgehead atoms. The summed E-state index contributed by atoms with van der Waals surface area (Å²) >= 11 is 3.60. The van der Waals surface area contributed by atoms with E-state index in [9.17, 15) is 0 Å². The quantitative estimate of drug-likeness (QED) is 0.367. The van der Waals surface area contributed by atoms with Gasteiger partial charge in [0.15, 0.2) is 0 Å². The Bertz CT molecular complexity index is 83.1. The molecule has 0 aromatic carbocycles. The second kappa shape index (κ2) is 14.4. The molecule has 0 saturated carbocycles. The van der Waals surface area contributed by atoms with Gasteiger partial charge in [-0.1, -0.05) is 0 Å². The van der Waals surface area contributed by atoms with Crippen LogP contribution in [-0.2, 0) is 11.8 Å². The van der Waals surface area contributed by atoms with E-state index in [1.807, 2.05) is 0 Å². The molecule has 0 amide bonds. The van der Waals surface area contributed by atoms with Crippen LogP contribution in [0.5, 0.6) is 0 Å². The van der Waals surface area contributed by atoms with Crippen LogP contribution in [0.2, 0.25) is 0 Å². The van der Waals surface area contributed by atoms with E-state index in [2.05, 4.69) is 33.2 Å². The van der Waals surface area contributed by atoms with Crippen LogP contribution in [0.3, 0.4) is 0 Å². The molecule has 10 heavy (non-hydrogen) atoms. The number of hydrogen-bond acceptors (Lipinski definition) is 2. The minimum absolute atomic E-state index is 0. The molecule has 3 nitrogen and oxygen atoms in total. The van der Waals surface area contributed by atoms with Gasteiger partial charge in [-0.25, -0.2) is 0 Å². The van der Waals surface area contributed by atoms with Crippen molar-refractivity contribution in [2.24, 2.45) is 0 Å². The van der Waals surface area contributed by atoms with Gasteiger partial charge in [0.25, 0.3) is 0 Å². The van der Waals surface area contributed by atoms with Crippen molar-refractivity contribution in [3.8, 4) is 0 Å². The molecule has 3 N–H and O–H groups in total. The first kappa shape index (κ1) is 23.1. The zero-order valence-corrected chi connectivity index (χ0v) is 12.5. The average Bonchev–Trinajstić information content (AvgIpc) is 1.27. The van der Waals surface area contributed by atoms with Gasteiger partial charge in [-0.15, -0.1) is 0 Å². The van der Waals surface area contributed by atoms with Crippen molar-refractivity contribution in [2.45, 2.75) is 0 Å². The summed E-state index contributed by atoms with van der Waals surface area (Å²) in [6.45, 7) is -3.81. The number of rotatable bonds is 0. The first-order chi connectivity index (χ1) is 3.41. The summed E-state index contributed by atoms with van der Waals surface area (Å²) in [4.78, 5) is 22.7. The first-order valence-electron chi connectivity index (χ1n) is 1.09. The van der Waals surface area contributed by atoms with Gasteiger partial charge >= 0.3 is 36.3 Å². The third kappa shape index (κ3) is 128. The molecule has 62 valence electrons. The predicted octanol–water partition coefficient (Wildman–Crippen LogP) is -1.61. The van der Waals surface area contributed by atoms with Gasteiger partial charge < -0.3 is 16.1 Å². The zero-order chi connectivity index (χ0) is 7.21. The third-order valence-corrected chi connectivity index (χ3v) is 0. The number of halogens is 2. The Balaban J connectivity index is -0.0000000183. The standard InChI is InChI=1S/Cl2S.Na.H3O3PS.H3P.H/c1-3-2;;1-4(2,3)5;;/h;;(H3,1,2,3,5);1H3;/q;+1;;;-1.